The number of rotatable bonds is 2. The van der Waals surface area contributed by atoms with E-state index in [-0.39, 0.29) is 5.88 Å². The highest BCUT2D eigenvalue weighted by Crippen LogP contribution is 2.12. The molecule has 0 aliphatic carbocycles. The number of methoxy groups -OCH3 is 1. The smallest absolute Gasteiger partial charge is 0.239 e. The van der Waals surface area contributed by atoms with E-state index in [2.05, 4.69) is 10.2 Å². The molecule has 3 nitrogen and oxygen atoms in total. The van der Waals surface area contributed by atoms with E-state index in [1.165, 1.54) is 19.4 Å². The van der Waals surface area contributed by atoms with Gasteiger partial charge in [0.05, 0.1) is 13.3 Å². The predicted molar refractivity (Wildman–Crippen MR) is 33.4 cm³/mol. The maximum absolute atomic E-state index is 12.0. The van der Waals surface area contributed by atoms with Crippen molar-refractivity contribution in [3.05, 3.63) is 17.8 Å². The van der Waals surface area contributed by atoms with Crippen molar-refractivity contribution in [3.8, 4) is 5.88 Å². The molecule has 0 atom stereocenters. The zero-order valence-corrected chi connectivity index (χ0v) is 5.54. The monoisotopic (exact) mass is 142 g/mol. The zero-order valence-electron chi connectivity index (χ0n) is 5.54. The summed E-state index contributed by atoms with van der Waals surface area (Å²) in [5, 5.41) is 7.08. The number of halogens is 1. The summed E-state index contributed by atoms with van der Waals surface area (Å²) in [6.07, 6.45) is 1.43. The summed E-state index contributed by atoms with van der Waals surface area (Å²) in [5.74, 6) is 0.255. The van der Waals surface area contributed by atoms with Gasteiger partial charge >= 0.3 is 0 Å². The molecular weight excluding hydrogens is 135 g/mol. The number of ether oxygens (including phenoxy) is 1. The van der Waals surface area contributed by atoms with Crippen LogP contribution in [0, 0.1) is 0 Å². The molecule has 0 N–H and O–H groups in total. The van der Waals surface area contributed by atoms with Crippen LogP contribution in [0.1, 0.15) is 5.56 Å². The van der Waals surface area contributed by atoms with E-state index in [9.17, 15) is 4.39 Å². The van der Waals surface area contributed by atoms with Crippen molar-refractivity contribution in [1.29, 1.82) is 0 Å². The van der Waals surface area contributed by atoms with Gasteiger partial charge in [-0.2, -0.15) is 5.10 Å². The SMILES string of the molecule is COc1nnccc1CF. The summed E-state index contributed by atoms with van der Waals surface area (Å²) in [6, 6.07) is 1.53. The third-order valence-electron chi connectivity index (χ3n) is 1.10. The number of alkyl halides is 1. The van der Waals surface area contributed by atoms with E-state index < -0.39 is 6.67 Å². The Morgan fingerprint density at radius 1 is 1.70 bits per heavy atom. The standard InChI is InChI=1S/C6H7FN2O/c1-10-6-5(4-7)2-3-8-9-6/h2-3H,4H2,1H3. The second-order valence-corrected chi connectivity index (χ2v) is 1.70. The van der Waals surface area contributed by atoms with Crippen LogP contribution in [0.5, 0.6) is 5.88 Å². The first-order valence-corrected chi connectivity index (χ1v) is 2.79. The van der Waals surface area contributed by atoms with Gasteiger partial charge in [0.2, 0.25) is 5.88 Å². The molecule has 1 aromatic rings. The Kier molecular flexibility index (Phi) is 2.15. The van der Waals surface area contributed by atoms with Crippen molar-refractivity contribution >= 4 is 0 Å². The van der Waals surface area contributed by atoms with Gasteiger partial charge < -0.3 is 4.74 Å². The van der Waals surface area contributed by atoms with Crippen molar-refractivity contribution in [2.45, 2.75) is 6.67 Å². The number of nitrogens with zero attached hydrogens (tertiary/aromatic N) is 2. The average Bonchev–Trinajstić information content (AvgIpc) is 2.04. The van der Waals surface area contributed by atoms with Gasteiger partial charge in [-0.25, -0.2) is 4.39 Å². The molecule has 1 rings (SSSR count). The topological polar surface area (TPSA) is 35.0 Å². The normalized spacial score (nSPS) is 9.40. The number of aromatic nitrogens is 2. The predicted octanol–water partition coefficient (Wildman–Crippen LogP) is 0.955. The molecule has 10 heavy (non-hydrogen) atoms. The molecule has 4 heteroatoms. The van der Waals surface area contributed by atoms with Crippen molar-refractivity contribution < 1.29 is 9.13 Å². The largest absolute Gasteiger partial charge is 0.480 e. The molecule has 0 saturated carbocycles. The molecule has 54 valence electrons. The third kappa shape index (κ3) is 1.21. The van der Waals surface area contributed by atoms with Gasteiger partial charge in [0.1, 0.15) is 6.67 Å². The van der Waals surface area contributed by atoms with Crippen LogP contribution < -0.4 is 4.74 Å². The number of hydrogen-bond donors (Lipinski definition) is 0. The molecule has 0 aromatic carbocycles. The first-order chi connectivity index (χ1) is 4.88. The maximum Gasteiger partial charge on any atom is 0.239 e. The van der Waals surface area contributed by atoms with Gasteiger partial charge in [0, 0.05) is 5.56 Å². The minimum absolute atomic E-state index is 0.255. The fraction of sp³-hybridized carbons (Fsp3) is 0.333. The number of hydrogen-bond acceptors (Lipinski definition) is 3. The van der Waals surface area contributed by atoms with Crippen LogP contribution in [0.15, 0.2) is 12.3 Å². The van der Waals surface area contributed by atoms with E-state index >= 15 is 0 Å². The minimum Gasteiger partial charge on any atom is -0.480 e. The summed E-state index contributed by atoms with van der Waals surface area (Å²) in [6.45, 7) is -0.571. The van der Waals surface area contributed by atoms with Crippen LogP contribution in [0.4, 0.5) is 4.39 Å². The lowest BCUT2D eigenvalue weighted by atomic mass is 10.3. The first kappa shape index (κ1) is 6.92. The molecule has 0 aliphatic heterocycles. The Hall–Kier alpha value is -1.19. The van der Waals surface area contributed by atoms with Crippen LogP contribution in [0.25, 0.3) is 0 Å². The van der Waals surface area contributed by atoms with E-state index in [0.717, 1.165) is 0 Å². The summed E-state index contributed by atoms with van der Waals surface area (Å²) in [5.41, 5.74) is 0.428. The Balaban J connectivity index is 2.96. The van der Waals surface area contributed by atoms with Crippen LogP contribution in [0.3, 0.4) is 0 Å². The molecule has 1 heterocycles. The molecule has 0 fully saturated rings. The van der Waals surface area contributed by atoms with Gasteiger partial charge in [-0.15, -0.1) is 5.10 Å². The third-order valence-corrected chi connectivity index (χ3v) is 1.10. The first-order valence-electron chi connectivity index (χ1n) is 2.79. The summed E-state index contributed by atoms with van der Waals surface area (Å²) >= 11 is 0. The zero-order chi connectivity index (χ0) is 7.40. The molecule has 0 aliphatic rings. The van der Waals surface area contributed by atoms with Crippen molar-refractivity contribution in [1.82, 2.24) is 10.2 Å². The second-order valence-electron chi connectivity index (χ2n) is 1.70. The minimum atomic E-state index is -0.571. The highest BCUT2D eigenvalue weighted by Gasteiger charge is 2.01. The lowest BCUT2D eigenvalue weighted by Gasteiger charge is -1.99. The molecule has 0 spiro atoms. The molecule has 0 amide bonds. The Labute approximate surface area is 57.8 Å². The maximum atomic E-state index is 12.0. The summed E-state index contributed by atoms with van der Waals surface area (Å²) in [4.78, 5) is 0. The molecule has 0 bridgehead atoms. The van der Waals surface area contributed by atoms with E-state index in [0.29, 0.717) is 5.56 Å². The van der Waals surface area contributed by atoms with E-state index in [1.54, 1.807) is 0 Å². The molecule has 0 unspecified atom stereocenters. The van der Waals surface area contributed by atoms with Gasteiger partial charge in [-0.05, 0) is 6.07 Å². The van der Waals surface area contributed by atoms with Gasteiger partial charge in [0.15, 0.2) is 0 Å². The lowest BCUT2D eigenvalue weighted by molar-refractivity contribution is 0.373. The lowest BCUT2D eigenvalue weighted by Crippen LogP contribution is -1.94. The molecular formula is C6H7FN2O. The van der Waals surface area contributed by atoms with E-state index in [1.807, 2.05) is 0 Å². The Bertz CT molecular complexity index is 194. The molecule has 1 aromatic heterocycles. The highest BCUT2D eigenvalue weighted by atomic mass is 19.1. The van der Waals surface area contributed by atoms with Gasteiger partial charge in [0.25, 0.3) is 0 Å². The summed E-state index contributed by atoms with van der Waals surface area (Å²) < 4.78 is 16.7. The molecule has 0 radical (unpaired) electrons. The Morgan fingerprint density at radius 2 is 2.50 bits per heavy atom. The second kappa shape index (κ2) is 3.10. The van der Waals surface area contributed by atoms with Crippen molar-refractivity contribution in [2.24, 2.45) is 0 Å². The summed E-state index contributed by atoms with van der Waals surface area (Å²) in [7, 11) is 1.43. The highest BCUT2D eigenvalue weighted by molar-refractivity contribution is 5.21. The van der Waals surface area contributed by atoms with Crippen molar-refractivity contribution in [2.75, 3.05) is 7.11 Å². The molecule has 0 saturated heterocycles. The van der Waals surface area contributed by atoms with Gasteiger partial charge in [-0.1, -0.05) is 0 Å². The van der Waals surface area contributed by atoms with E-state index in [4.69, 9.17) is 4.74 Å². The van der Waals surface area contributed by atoms with Crippen LogP contribution >= 0.6 is 0 Å². The quantitative estimate of drug-likeness (QED) is 0.616. The Morgan fingerprint density at radius 3 is 3.00 bits per heavy atom. The van der Waals surface area contributed by atoms with Crippen molar-refractivity contribution in [3.63, 3.8) is 0 Å². The van der Waals surface area contributed by atoms with Crippen LogP contribution in [-0.2, 0) is 6.67 Å². The fourth-order valence-electron chi connectivity index (χ4n) is 0.618. The van der Waals surface area contributed by atoms with Crippen LogP contribution in [0.2, 0.25) is 0 Å². The fourth-order valence-corrected chi connectivity index (χ4v) is 0.618. The van der Waals surface area contributed by atoms with Crippen LogP contribution in [-0.4, -0.2) is 17.3 Å². The van der Waals surface area contributed by atoms with Gasteiger partial charge in [-0.3, -0.25) is 0 Å². The average molecular weight is 142 g/mol.